The van der Waals surface area contributed by atoms with E-state index in [-0.39, 0.29) is 24.7 Å². The number of nitrogens with zero attached hydrogens (tertiary/aromatic N) is 5. The maximum Gasteiger partial charge on any atom is 0.230 e. The van der Waals surface area contributed by atoms with Crippen molar-refractivity contribution in [2.75, 3.05) is 30.6 Å². The lowest BCUT2D eigenvalue weighted by Crippen LogP contribution is -2.58. The molecule has 12 heteroatoms. The normalized spacial score (nSPS) is 24.1. The number of aliphatic hydroxyl groups is 1. The Balaban J connectivity index is 1.56. The van der Waals surface area contributed by atoms with Crippen LogP contribution in [0.5, 0.6) is 5.88 Å². The zero-order valence-electron chi connectivity index (χ0n) is 17.9. The SMILES string of the molecule is COc1cc(Nc2cc(CO)[nH]n2)nc(N(C)C2C[C@H]3CCC[C@@H](C2)N3S(C)(=O)=O)n1. The average molecular weight is 452 g/mol. The summed E-state index contributed by atoms with van der Waals surface area (Å²) < 4.78 is 31.7. The fourth-order valence-electron chi connectivity index (χ4n) is 4.71. The Morgan fingerprint density at radius 3 is 2.55 bits per heavy atom. The van der Waals surface area contributed by atoms with Crippen molar-refractivity contribution >= 4 is 27.6 Å². The number of ether oxygens (including phenoxy) is 1. The summed E-state index contributed by atoms with van der Waals surface area (Å²) in [5.41, 5.74) is 0.588. The molecule has 0 spiro atoms. The van der Waals surface area contributed by atoms with Gasteiger partial charge in [-0.2, -0.15) is 19.4 Å². The molecule has 0 amide bonds. The molecule has 2 aromatic rings. The Bertz CT molecular complexity index is 1010. The molecule has 3 N–H and O–H groups in total. The molecule has 0 aromatic carbocycles. The number of hydrogen-bond donors (Lipinski definition) is 3. The highest BCUT2D eigenvalue weighted by Crippen LogP contribution is 2.38. The largest absolute Gasteiger partial charge is 0.481 e. The Morgan fingerprint density at radius 1 is 1.26 bits per heavy atom. The third-order valence-electron chi connectivity index (χ3n) is 6.09. The summed E-state index contributed by atoms with van der Waals surface area (Å²) >= 11 is 0. The fraction of sp³-hybridized carbons (Fsp3) is 0.632. The summed E-state index contributed by atoms with van der Waals surface area (Å²) in [6, 6.07) is 3.52. The van der Waals surface area contributed by atoms with E-state index in [1.807, 2.05) is 11.9 Å². The minimum Gasteiger partial charge on any atom is -0.481 e. The predicted molar refractivity (Wildman–Crippen MR) is 116 cm³/mol. The number of H-pyrrole nitrogens is 1. The summed E-state index contributed by atoms with van der Waals surface area (Å²) in [7, 11) is 0.258. The van der Waals surface area contributed by atoms with Crippen LogP contribution >= 0.6 is 0 Å². The molecule has 0 saturated carbocycles. The summed E-state index contributed by atoms with van der Waals surface area (Å²) in [6.07, 6.45) is 5.60. The van der Waals surface area contributed by atoms with Crippen molar-refractivity contribution in [2.24, 2.45) is 0 Å². The number of hydrogen-bond acceptors (Lipinski definition) is 9. The van der Waals surface area contributed by atoms with Gasteiger partial charge in [0, 0.05) is 37.3 Å². The second kappa shape index (κ2) is 8.60. The Kier molecular flexibility index (Phi) is 6.04. The number of piperidine rings is 2. The second-order valence-corrected chi connectivity index (χ2v) is 10.1. The Hall–Kier alpha value is -2.44. The number of anilines is 3. The van der Waals surface area contributed by atoms with E-state index < -0.39 is 10.0 Å². The summed E-state index contributed by atoms with van der Waals surface area (Å²) in [6.45, 7) is -0.135. The highest BCUT2D eigenvalue weighted by molar-refractivity contribution is 7.88. The molecule has 170 valence electrons. The van der Waals surface area contributed by atoms with Crippen LogP contribution < -0.4 is 15.0 Å². The van der Waals surface area contributed by atoms with Crippen LogP contribution in [0.3, 0.4) is 0 Å². The number of sulfonamides is 1. The van der Waals surface area contributed by atoms with Crippen molar-refractivity contribution in [2.45, 2.75) is 56.8 Å². The van der Waals surface area contributed by atoms with Crippen LogP contribution in [0, 0.1) is 0 Å². The van der Waals surface area contributed by atoms with E-state index in [0.29, 0.717) is 29.2 Å². The van der Waals surface area contributed by atoms with E-state index >= 15 is 0 Å². The molecule has 0 aliphatic carbocycles. The van der Waals surface area contributed by atoms with Crippen LogP contribution in [-0.2, 0) is 16.6 Å². The topological polar surface area (TPSA) is 137 Å². The number of fused-ring (bicyclic) bond motifs is 2. The molecule has 1 unspecified atom stereocenters. The van der Waals surface area contributed by atoms with Crippen LogP contribution in [0.15, 0.2) is 12.1 Å². The van der Waals surface area contributed by atoms with Crippen molar-refractivity contribution in [1.82, 2.24) is 24.5 Å². The van der Waals surface area contributed by atoms with Crippen LogP contribution in [0.1, 0.15) is 37.8 Å². The van der Waals surface area contributed by atoms with Crippen LogP contribution in [-0.4, -0.2) is 76.5 Å². The minimum atomic E-state index is -3.23. The standard InChI is InChI=1S/C19H29N7O4S/c1-25(15-8-13-5-4-6-14(9-15)26(13)31(3,28)29)19-21-16(10-18(22-19)30-2)20-17-7-12(11-27)23-24-17/h7,10,13-15,27H,4-6,8-9,11H2,1-3H3,(H2,20,21,22,23,24)/t13-,14+,15?. The molecular weight excluding hydrogens is 422 g/mol. The van der Waals surface area contributed by atoms with Crippen molar-refractivity contribution in [3.8, 4) is 5.88 Å². The van der Waals surface area contributed by atoms with Gasteiger partial charge in [-0.1, -0.05) is 6.42 Å². The highest BCUT2D eigenvalue weighted by Gasteiger charge is 2.44. The zero-order valence-corrected chi connectivity index (χ0v) is 18.8. The van der Waals surface area contributed by atoms with Crippen molar-refractivity contribution in [1.29, 1.82) is 0 Å². The van der Waals surface area contributed by atoms with E-state index in [2.05, 4.69) is 25.5 Å². The van der Waals surface area contributed by atoms with Crippen molar-refractivity contribution < 1.29 is 18.3 Å². The first-order valence-corrected chi connectivity index (χ1v) is 12.2. The van der Waals surface area contributed by atoms with Gasteiger partial charge in [0.15, 0.2) is 5.82 Å². The number of nitrogens with one attached hydrogen (secondary N) is 2. The fourth-order valence-corrected chi connectivity index (χ4v) is 6.17. The van der Waals surface area contributed by atoms with Gasteiger partial charge in [0.25, 0.3) is 0 Å². The number of aromatic amines is 1. The second-order valence-electron chi connectivity index (χ2n) is 8.22. The maximum absolute atomic E-state index is 12.3. The van der Waals surface area contributed by atoms with Gasteiger partial charge in [0.2, 0.25) is 21.9 Å². The van der Waals surface area contributed by atoms with Gasteiger partial charge in [0.1, 0.15) is 5.82 Å². The molecule has 31 heavy (non-hydrogen) atoms. The summed E-state index contributed by atoms with van der Waals surface area (Å²) in [5.74, 6) is 1.94. The lowest BCUT2D eigenvalue weighted by molar-refractivity contribution is 0.110. The summed E-state index contributed by atoms with van der Waals surface area (Å²) in [5, 5.41) is 19.1. The van der Waals surface area contributed by atoms with Gasteiger partial charge in [0.05, 0.1) is 25.7 Å². The molecule has 4 rings (SSSR count). The third kappa shape index (κ3) is 4.60. The molecule has 2 aliphatic heterocycles. The molecule has 3 atom stereocenters. The lowest BCUT2D eigenvalue weighted by atomic mass is 9.83. The van der Waals surface area contributed by atoms with Gasteiger partial charge < -0.3 is 20.1 Å². The van der Waals surface area contributed by atoms with Gasteiger partial charge in [-0.25, -0.2) is 8.42 Å². The first-order valence-electron chi connectivity index (χ1n) is 10.3. The number of aromatic nitrogens is 4. The first-order chi connectivity index (χ1) is 14.8. The number of rotatable bonds is 7. The van der Waals surface area contributed by atoms with Gasteiger partial charge >= 0.3 is 0 Å². The molecule has 11 nitrogen and oxygen atoms in total. The van der Waals surface area contributed by atoms with Crippen molar-refractivity contribution in [3.05, 3.63) is 17.8 Å². The van der Waals surface area contributed by atoms with Gasteiger partial charge in [-0.15, -0.1) is 0 Å². The van der Waals surface area contributed by atoms with E-state index in [1.54, 1.807) is 23.5 Å². The predicted octanol–water partition coefficient (Wildman–Crippen LogP) is 1.23. The third-order valence-corrected chi connectivity index (χ3v) is 7.45. The first kappa shape index (κ1) is 21.8. The van der Waals surface area contributed by atoms with Crippen LogP contribution in [0.4, 0.5) is 17.6 Å². The van der Waals surface area contributed by atoms with E-state index in [4.69, 9.17) is 4.74 Å². The van der Waals surface area contributed by atoms with Crippen LogP contribution in [0.25, 0.3) is 0 Å². The highest BCUT2D eigenvalue weighted by atomic mass is 32.2. The summed E-state index contributed by atoms with van der Waals surface area (Å²) in [4.78, 5) is 11.1. The molecule has 2 saturated heterocycles. The monoisotopic (exact) mass is 451 g/mol. The van der Waals surface area contributed by atoms with E-state index in [1.165, 1.54) is 6.26 Å². The smallest absolute Gasteiger partial charge is 0.230 e. The Labute approximate surface area is 181 Å². The van der Waals surface area contributed by atoms with Gasteiger partial charge in [-0.3, -0.25) is 5.10 Å². The minimum absolute atomic E-state index is 0.0131. The quantitative estimate of drug-likeness (QED) is 0.567. The molecule has 2 aliphatic rings. The lowest BCUT2D eigenvalue weighted by Gasteiger charge is -2.49. The zero-order chi connectivity index (χ0) is 22.2. The maximum atomic E-state index is 12.3. The molecule has 2 aromatic heterocycles. The van der Waals surface area contributed by atoms with E-state index in [0.717, 1.165) is 32.1 Å². The van der Waals surface area contributed by atoms with E-state index in [9.17, 15) is 13.5 Å². The molecular formula is C19H29N7O4S. The Morgan fingerprint density at radius 2 is 1.97 bits per heavy atom. The molecule has 4 heterocycles. The number of aliphatic hydroxyl groups excluding tert-OH is 1. The molecule has 0 radical (unpaired) electrons. The van der Waals surface area contributed by atoms with Crippen LogP contribution in [0.2, 0.25) is 0 Å². The van der Waals surface area contributed by atoms with Gasteiger partial charge in [-0.05, 0) is 25.7 Å². The molecule has 2 fully saturated rings. The molecule has 2 bridgehead atoms. The van der Waals surface area contributed by atoms with Crippen molar-refractivity contribution in [3.63, 3.8) is 0 Å². The average Bonchev–Trinajstić information content (AvgIpc) is 3.18. The number of methoxy groups -OCH3 is 1.